The fourth-order valence-corrected chi connectivity index (χ4v) is 1.56. The van der Waals surface area contributed by atoms with Crippen LogP contribution in [0.5, 0.6) is 11.8 Å². The third-order valence-electron chi connectivity index (χ3n) is 2.66. The minimum Gasteiger partial charge on any atom is -0.473 e. The zero-order valence-electron chi connectivity index (χ0n) is 11.5. The first-order valence-corrected chi connectivity index (χ1v) is 7.03. The monoisotopic (exact) mass is 330 g/mol. The second-order valence-corrected chi connectivity index (χ2v) is 5.01. The molecule has 2 atom stereocenters. The van der Waals surface area contributed by atoms with Crippen molar-refractivity contribution in [3.63, 3.8) is 0 Å². The van der Waals surface area contributed by atoms with Crippen molar-refractivity contribution in [3.8, 4) is 11.8 Å². The van der Waals surface area contributed by atoms with Gasteiger partial charge in [-0.05, 0) is 5.56 Å². The zero-order valence-corrected chi connectivity index (χ0v) is 12.6. The molecular formula is C14H14F3N2O2P. The van der Waals surface area contributed by atoms with E-state index in [0.29, 0.717) is 0 Å². The van der Waals surface area contributed by atoms with E-state index in [4.69, 9.17) is 9.47 Å². The largest absolute Gasteiger partial charge is 0.473 e. The number of halogens is 3. The minimum atomic E-state index is -3.61. The summed E-state index contributed by atoms with van der Waals surface area (Å²) in [7, 11) is 1.40. The van der Waals surface area contributed by atoms with Crippen LogP contribution in [0.25, 0.3) is 0 Å². The van der Waals surface area contributed by atoms with Gasteiger partial charge in [-0.1, -0.05) is 39.6 Å². The molecule has 0 fully saturated rings. The van der Waals surface area contributed by atoms with Crippen molar-refractivity contribution in [2.45, 2.75) is 18.4 Å². The van der Waals surface area contributed by atoms with Crippen molar-refractivity contribution in [3.05, 3.63) is 48.3 Å². The maximum Gasteiger partial charge on any atom is 0.315 e. The van der Waals surface area contributed by atoms with E-state index in [1.807, 2.05) is 30.3 Å². The van der Waals surface area contributed by atoms with Crippen LogP contribution < -0.4 is 9.47 Å². The Morgan fingerprint density at radius 2 is 1.73 bits per heavy atom. The van der Waals surface area contributed by atoms with Crippen molar-refractivity contribution in [1.29, 1.82) is 0 Å². The van der Waals surface area contributed by atoms with Gasteiger partial charge in [-0.2, -0.15) is 8.78 Å². The van der Waals surface area contributed by atoms with Gasteiger partial charge in [-0.25, -0.2) is 14.4 Å². The molecule has 2 rings (SSSR count). The highest BCUT2D eigenvalue weighted by atomic mass is 31.0. The minimum absolute atomic E-state index is 0.108. The lowest BCUT2D eigenvalue weighted by atomic mass is 10.2. The lowest BCUT2D eigenvalue weighted by Gasteiger charge is -2.17. The molecule has 22 heavy (non-hydrogen) atoms. The zero-order chi connectivity index (χ0) is 16.0. The molecule has 1 aromatic heterocycles. The Hall–Kier alpha value is -1.88. The van der Waals surface area contributed by atoms with E-state index in [1.54, 1.807) is 0 Å². The summed E-state index contributed by atoms with van der Waals surface area (Å²) in [5.41, 5.74) is 0.929. The number of benzene rings is 1. The summed E-state index contributed by atoms with van der Waals surface area (Å²) in [4.78, 5) is 7.54. The predicted octanol–water partition coefficient (Wildman–Crippen LogP) is 3.24. The quantitative estimate of drug-likeness (QED) is 0.731. The normalized spacial score (nSPS) is 12.7. The SMILES string of the molecule is FC(P)C(F)(F)COc1cc(OCc2ccccc2)ncn1. The van der Waals surface area contributed by atoms with Crippen LogP contribution in [0, 0.1) is 0 Å². The Morgan fingerprint density at radius 1 is 1.09 bits per heavy atom. The van der Waals surface area contributed by atoms with Crippen LogP contribution in [0.3, 0.4) is 0 Å². The van der Waals surface area contributed by atoms with E-state index in [-0.39, 0.29) is 18.4 Å². The molecule has 118 valence electrons. The van der Waals surface area contributed by atoms with Crippen molar-refractivity contribution in [2.24, 2.45) is 0 Å². The van der Waals surface area contributed by atoms with E-state index in [0.717, 1.165) is 11.9 Å². The van der Waals surface area contributed by atoms with Crippen molar-refractivity contribution >= 4 is 9.24 Å². The van der Waals surface area contributed by atoms with Crippen LogP contribution in [0.15, 0.2) is 42.7 Å². The van der Waals surface area contributed by atoms with Gasteiger partial charge in [0.05, 0.1) is 6.07 Å². The number of alkyl halides is 3. The van der Waals surface area contributed by atoms with Gasteiger partial charge < -0.3 is 9.47 Å². The molecule has 0 saturated carbocycles. The smallest absolute Gasteiger partial charge is 0.315 e. The van der Waals surface area contributed by atoms with Crippen LogP contribution in [0.1, 0.15) is 5.56 Å². The number of hydrogen-bond acceptors (Lipinski definition) is 4. The summed E-state index contributed by atoms with van der Waals surface area (Å²) in [6, 6.07) is 10.6. The molecule has 4 nitrogen and oxygen atoms in total. The molecule has 1 aromatic carbocycles. The summed E-state index contributed by atoms with van der Waals surface area (Å²) < 4.78 is 49.1. The van der Waals surface area contributed by atoms with Gasteiger partial charge >= 0.3 is 5.92 Å². The highest BCUT2D eigenvalue weighted by Gasteiger charge is 2.38. The van der Waals surface area contributed by atoms with Gasteiger partial charge in [-0.15, -0.1) is 0 Å². The van der Waals surface area contributed by atoms with Gasteiger partial charge in [0, 0.05) is 0 Å². The molecule has 0 aliphatic rings. The van der Waals surface area contributed by atoms with Crippen LogP contribution in [-0.4, -0.2) is 28.4 Å². The predicted molar refractivity (Wildman–Crippen MR) is 77.9 cm³/mol. The van der Waals surface area contributed by atoms with E-state index >= 15 is 0 Å². The number of hydrogen-bond donors (Lipinski definition) is 0. The molecule has 0 spiro atoms. The molecule has 0 saturated heterocycles. The Balaban J connectivity index is 1.92. The van der Waals surface area contributed by atoms with Gasteiger partial charge in [0.25, 0.3) is 0 Å². The van der Waals surface area contributed by atoms with E-state index < -0.39 is 18.4 Å². The first-order valence-electron chi connectivity index (χ1n) is 6.36. The van der Waals surface area contributed by atoms with E-state index in [9.17, 15) is 13.2 Å². The second kappa shape index (κ2) is 7.40. The first-order chi connectivity index (χ1) is 10.5. The van der Waals surface area contributed by atoms with Crippen LogP contribution >= 0.6 is 9.24 Å². The van der Waals surface area contributed by atoms with Crippen molar-refractivity contribution < 1.29 is 22.6 Å². The number of aromatic nitrogens is 2. The van der Waals surface area contributed by atoms with Gasteiger partial charge in [0.1, 0.15) is 12.9 Å². The molecule has 2 unspecified atom stereocenters. The van der Waals surface area contributed by atoms with E-state index in [1.165, 1.54) is 15.3 Å². The van der Waals surface area contributed by atoms with Crippen LogP contribution in [0.4, 0.5) is 13.2 Å². The first kappa shape index (κ1) is 16.5. The highest BCUT2D eigenvalue weighted by molar-refractivity contribution is 7.17. The van der Waals surface area contributed by atoms with Crippen molar-refractivity contribution in [1.82, 2.24) is 9.97 Å². The molecule has 0 aliphatic carbocycles. The van der Waals surface area contributed by atoms with Crippen LogP contribution in [-0.2, 0) is 6.61 Å². The Labute approximate surface area is 127 Å². The Kier molecular flexibility index (Phi) is 5.55. The second-order valence-electron chi connectivity index (χ2n) is 4.42. The topological polar surface area (TPSA) is 44.2 Å². The lowest BCUT2D eigenvalue weighted by Crippen LogP contribution is -2.33. The molecule has 0 N–H and O–H groups in total. The van der Waals surface area contributed by atoms with Gasteiger partial charge in [0.2, 0.25) is 11.8 Å². The highest BCUT2D eigenvalue weighted by Crippen LogP contribution is 2.27. The molecule has 1 heterocycles. The van der Waals surface area contributed by atoms with E-state index in [2.05, 4.69) is 9.97 Å². The third-order valence-corrected chi connectivity index (χ3v) is 3.15. The average Bonchev–Trinajstić information content (AvgIpc) is 2.52. The number of ether oxygens (including phenoxy) is 2. The summed E-state index contributed by atoms with van der Waals surface area (Å²) in [5, 5.41) is 0. The van der Waals surface area contributed by atoms with Crippen LogP contribution in [0.2, 0.25) is 0 Å². The number of nitrogens with zero attached hydrogens (tertiary/aromatic N) is 2. The number of rotatable bonds is 7. The molecule has 0 radical (unpaired) electrons. The summed E-state index contributed by atoms with van der Waals surface area (Å²) in [6.45, 7) is -0.849. The fraction of sp³-hybridized carbons (Fsp3) is 0.286. The standard InChI is InChI=1S/C14H14F3N2O2P/c15-13(22)14(16,17)8-21-12-6-11(18-9-19-12)20-7-10-4-2-1-3-5-10/h1-6,9,13H,7-8,22H2. The molecular weight excluding hydrogens is 316 g/mol. The Morgan fingerprint density at radius 3 is 2.36 bits per heavy atom. The lowest BCUT2D eigenvalue weighted by molar-refractivity contribution is -0.0722. The molecule has 0 amide bonds. The maximum absolute atomic E-state index is 13.1. The van der Waals surface area contributed by atoms with Crippen molar-refractivity contribution in [2.75, 3.05) is 6.61 Å². The maximum atomic E-state index is 13.1. The van der Waals surface area contributed by atoms with Gasteiger partial charge in [-0.3, -0.25) is 0 Å². The molecule has 0 aliphatic heterocycles. The Bertz CT molecular complexity index is 600. The summed E-state index contributed by atoms with van der Waals surface area (Å²) >= 11 is 0. The molecule has 8 heteroatoms. The average molecular weight is 330 g/mol. The summed E-state index contributed by atoms with van der Waals surface area (Å²) in [5.74, 6) is -5.92. The molecule has 0 bridgehead atoms. The fourth-order valence-electron chi connectivity index (χ4n) is 1.46. The van der Waals surface area contributed by atoms with Gasteiger partial charge in [0.15, 0.2) is 12.5 Å². The summed E-state index contributed by atoms with van der Waals surface area (Å²) in [6.07, 6.45) is 1.13. The third kappa shape index (κ3) is 4.84. The molecule has 2 aromatic rings.